The van der Waals surface area contributed by atoms with Crippen molar-refractivity contribution in [1.29, 1.82) is 0 Å². The quantitative estimate of drug-likeness (QED) is 0.483. The van der Waals surface area contributed by atoms with Gasteiger partial charge >= 0.3 is 0 Å². The van der Waals surface area contributed by atoms with E-state index in [0.717, 1.165) is 36.6 Å². The van der Waals surface area contributed by atoms with Gasteiger partial charge < -0.3 is 4.57 Å². The molecule has 1 aliphatic heterocycles. The van der Waals surface area contributed by atoms with Crippen LogP contribution in [0.25, 0.3) is 11.0 Å². The van der Waals surface area contributed by atoms with Crippen molar-refractivity contribution in [3.63, 3.8) is 0 Å². The lowest BCUT2D eigenvalue weighted by atomic mass is 9.92. The van der Waals surface area contributed by atoms with Gasteiger partial charge in [-0.3, -0.25) is 4.90 Å². The molecule has 1 atom stereocenters. The molecule has 0 radical (unpaired) electrons. The maximum atomic E-state index is 14.3. The first kappa shape index (κ1) is 18.0. The molecule has 2 heterocycles. The van der Waals surface area contributed by atoms with Crippen LogP contribution in [-0.4, -0.2) is 21.0 Å². The lowest BCUT2D eigenvalue weighted by Gasteiger charge is -2.37. The molecular weight excluding hydrogens is 368 g/mol. The smallest absolute Gasteiger partial charge is 0.130 e. The van der Waals surface area contributed by atoms with Gasteiger partial charge in [-0.2, -0.15) is 0 Å². The fourth-order valence-corrected chi connectivity index (χ4v) is 4.32. The molecule has 0 saturated carbocycles. The third-order valence-corrected chi connectivity index (χ3v) is 5.81. The van der Waals surface area contributed by atoms with Crippen LogP contribution in [0.3, 0.4) is 0 Å². The van der Waals surface area contributed by atoms with E-state index in [0.29, 0.717) is 12.1 Å². The first-order chi connectivity index (χ1) is 14.2. The maximum Gasteiger partial charge on any atom is 0.130 e. The Morgan fingerprint density at radius 3 is 2.69 bits per heavy atom. The first-order valence-corrected chi connectivity index (χ1v) is 9.85. The molecular formula is C24H21F2N3. The maximum absolute atomic E-state index is 14.3. The van der Waals surface area contributed by atoms with E-state index in [4.69, 9.17) is 0 Å². The van der Waals surface area contributed by atoms with Crippen molar-refractivity contribution in [2.75, 3.05) is 6.54 Å². The number of nitrogens with zero attached hydrogens (tertiary/aromatic N) is 3. The van der Waals surface area contributed by atoms with Crippen LogP contribution >= 0.6 is 0 Å². The zero-order chi connectivity index (χ0) is 19.8. The Morgan fingerprint density at radius 2 is 1.79 bits per heavy atom. The Balaban J connectivity index is 1.52. The summed E-state index contributed by atoms with van der Waals surface area (Å²) in [6.45, 7) is 1.99. The molecule has 0 fully saturated rings. The molecule has 3 nitrogen and oxygen atoms in total. The molecule has 1 unspecified atom stereocenters. The minimum absolute atomic E-state index is 0.0852. The summed E-state index contributed by atoms with van der Waals surface area (Å²) in [4.78, 5) is 6.80. The van der Waals surface area contributed by atoms with Gasteiger partial charge in [0.2, 0.25) is 0 Å². The first-order valence-electron chi connectivity index (χ1n) is 9.85. The SMILES string of the molecule is Fc1ccc(CN2CCc3ccccc3C2Cn2cnc3ccccc32)c(F)c1. The van der Waals surface area contributed by atoms with Gasteiger partial charge in [-0.25, -0.2) is 13.8 Å². The van der Waals surface area contributed by atoms with Crippen LogP contribution in [0.1, 0.15) is 22.7 Å². The average Bonchev–Trinajstić information content (AvgIpc) is 3.14. The van der Waals surface area contributed by atoms with E-state index in [9.17, 15) is 8.78 Å². The molecule has 0 aliphatic carbocycles. The summed E-state index contributed by atoms with van der Waals surface area (Å²) in [6, 6.07) is 20.5. The van der Waals surface area contributed by atoms with Gasteiger partial charge in [0, 0.05) is 31.3 Å². The van der Waals surface area contributed by atoms with E-state index in [1.807, 2.05) is 24.5 Å². The van der Waals surface area contributed by atoms with Gasteiger partial charge in [0.25, 0.3) is 0 Å². The Kier molecular flexibility index (Phi) is 4.60. The third kappa shape index (κ3) is 3.42. The number of hydrogen-bond donors (Lipinski definition) is 0. The monoisotopic (exact) mass is 389 g/mol. The van der Waals surface area contributed by atoms with Crippen LogP contribution in [0.4, 0.5) is 8.78 Å². The number of hydrogen-bond acceptors (Lipinski definition) is 2. The second kappa shape index (κ2) is 7.41. The van der Waals surface area contributed by atoms with Crippen LogP contribution in [0.2, 0.25) is 0 Å². The number of benzene rings is 3. The van der Waals surface area contributed by atoms with Crippen molar-refractivity contribution in [2.45, 2.75) is 25.6 Å². The predicted octanol–water partition coefficient (Wildman–Crippen LogP) is 5.11. The second-order valence-electron chi connectivity index (χ2n) is 7.56. The Hall–Kier alpha value is -3.05. The van der Waals surface area contributed by atoms with E-state index in [-0.39, 0.29) is 6.04 Å². The lowest BCUT2D eigenvalue weighted by molar-refractivity contribution is 0.157. The van der Waals surface area contributed by atoms with Gasteiger partial charge in [-0.05, 0) is 35.7 Å². The number of rotatable bonds is 4. The zero-order valence-corrected chi connectivity index (χ0v) is 15.9. The normalized spacial score (nSPS) is 16.8. The minimum Gasteiger partial charge on any atom is -0.329 e. The molecule has 0 saturated heterocycles. The number of halogens is 2. The Morgan fingerprint density at radius 1 is 0.966 bits per heavy atom. The summed E-state index contributed by atoms with van der Waals surface area (Å²) in [5, 5.41) is 0. The van der Waals surface area contributed by atoms with Gasteiger partial charge in [0.1, 0.15) is 11.6 Å². The van der Waals surface area contributed by atoms with Crippen molar-refractivity contribution in [1.82, 2.24) is 14.5 Å². The van der Waals surface area contributed by atoms with E-state index in [2.05, 4.69) is 44.8 Å². The highest BCUT2D eigenvalue weighted by molar-refractivity contribution is 5.74. The van der Waals surface area contributed by atoms with E-state index in [1.165, 1.54) is 17.2 Å². The molecule has 0 N–H and O–H groups in total. The molecule has 4 aromatic rings. The molecule has 0 spiro atoms. The summed E-state index contributed by atoms with van der Waals surface area (Å²) in [5.41, 5.74) is 5.17. The fourth-order valence-electron chi connectivity index (χ4n) is 4.32. The van der Waals surface area contributed by atoms with E-state index >= 15 is 0 Å². The van der Waals surface area contributed by atoms with Gasteiger partial charge in [-0.15, -0.1) is 0 Å². The van der Waals surface area contributed by atoms with Crippen molar-refractivity contribution in [2.24, 2.45) is 0 Å². The van der Waals surface area contributed by atoms with Crippen LogP contribution in [0, 0.1) is 11.6 Å². The summed E-state index contributed by atoms with van der Waals surface area (Å²) < 4.78 is 29.8. The third-order valence-electron chi connectivity index (χ3n) is 5.81. The molecule has 1 aromatic heterocycles. The molecule has 29 heavy (non-hydrogen) atoms. The average molecular weight is 389 g/mol. The van der Waals surface area contributed by atoms with Crippen molar-refractivity contribution in [3.05, 3.63) is 101 Å². The molecule has 5 heteroatoms. The number of para-hydroxylation sites is 2. The van der Waals surface area contributed by atoms with Crippen molar-refractivity contribution in [3.8, 4) is 0 Å². The van der Waals surface area contributed by atoms with Crippen molar-refractivity contribution < 1.29 is 8.78 Å². The van der Waals surface area contributed by atoms with Crippen molar-refractivity contribution >= 4 is 11.0 Å². The second-order valence-corrected chi connectivity index (χ2v) is 7.56. The van der Waals surface area contributed by atoms with Crippen LogP contribution < -0.4 is 0 Å². The van der Waals surface area contributed by atoms with Gasteiger partial charge in [-0.1, -0.05) is 42.5 Å². The molecule has 1 aliphatic rings. The van der Waals surface area contributed by atoms with E-state index in [1.54, 1.807) is 6.07 Å². The summed E-state index contributed by atoms with van der Waals surface area (Å²) in [7, 11) is 0. The molecule has 3 aromatic carbocycles. The van der Waals surface area contributed by atoms with Gasteiger partial charge in [0.15, 0.2) is 0 Å². The number of fused-ring (bicyclic) bond motifs is 2. The molecule has 0 bridgehead atoms. The molecule has 0 amide bonds. The van der Waals surface area contributed by atoms with Crippen LogP contribution in [-0.2, 0) is 19.5 Å². The summed E-state index contributed by atoms with van der Waals surface area (Å²) >= 11 is 0. The summed E-state index contributed by atoms with van der Waals surface area (Å²) in [6.07, 6.45) is 2.79. The highest BCUT2D eigenvalue weighted by Gasteiger charge is 2.28. The Labute approximate surface area is 168 Å². The minimum atomic E-state index is -0.545. The summed E-state index contributed by atoms with van der Waals surface area (Å²) in [5.74, 6) is -1.03. The van der Waals surface area contributed by atoms with E-state index < -0.39 is 11.6 Å². The topological polar surface area (TPSA) is 21.1 Å². The van der Waals surface area contributed by atoms with Crippen LogP contribution in [0.5, 0.6) is 0 Å². The fraction of sp³-hybridized carbons (Fsp3) is 0.208. The molecule has 146 valence electrons. The standard InChI is InChI=1S/C24H21F2N3/c25-19-10-9-18(21(26)13-19)14-28-12-11-17-5-1-2-6-20(17)24(28)15-29-16-27-22-7-3-4-8-23(22)29/h1-10,13,16,24H,11-12,14-15H2. The predicted molar refractivity (Wildman–Crippen MR) is 109 cm³/mol. The van der Waals surface area contributed by atoms with Crippen LogP contribution in [0.15, 0.2) is 73.1 Å². The lowest BCUT2D eigenvalue weighted by Crippen LogP contribution is -2.37. The Bertz CT molecular complexity index is 1170. The highest BCUT2D eigenvalue weighted by atomic mass is 19.1. The molecule has 5 rings (SSSR count). The number of imidazole rings is 1. The highest BCUT2D eigenvalue weighted by Crippen LogP contribution is 2.33. The van der Waals surface area contributed by atoms with Gasteiger partial charge in [0.05, 0.1) is 23.4 Å². The zero-order valence-electron chi connectivity index (χ0n) is 15.9. The number of aromatic nitrogens is 2. The largest absolute Gasteiger partial charge is 0.329 e.